The van der Waals surface area contributed by atoms with Crippen molar-refractivity contribution < 1.29 is 13.9 Å². The van der Waals surface area contributed by atoms with Crippen LogP contribution >= 0.6 is 0 Å². The molecule has 0 aliphatic carbocycles. The normalized spacial score (nSPS) is 18.5. The molecule has 182 valence electrons. The number of hydrogen-bond acceptors (Lipinski definition) is 2. The third kappa shape index (κ3) is 8.87. The minimum atomic E-state index is -0.163. The van der Waals surface area contributed by atoms with Crippen molar-refractivity contribution in [3.8, 4) is 11.1 Å². The van der Waals surface area contributed by atoms with Gasteiger partial charge in [0, 0.05) is 17.9 Å². The fourth-order valence-electron chi connectivity index (χ4n) is 4.62. The number of rotatable bonds is 14. The van der Waals surface area contributed by atoms with Crippen LogP contribution in [-0.4, -0.2) is 19.5 Å². The molecule has 0 saturated carbocycles. The molecule has 1 aliphatic rings. The maximum Gasteiger partial charge on any atom is 0.157 e. The molecule has 1 heterocycles. The molecule has 1 aliphatic heterocycles. The summed E-state index contributed by atoms with van der Waals surface area (Å²) in [6.45, 7) is 6.05. The summed E-state index contributed by atoms with van der Waals surface area (Å²) in [6, 6.07) is 14.0. The number of ether oxygens (including phenoxy) is 2. The lowest BCUT2D eigenvalue weighted by molar-refractivity contribution is -0.203. The molecule has 0 unspecified atom stereocenters. The first-order chi connectivity index (χ1) is 16.2. The van der Waals surface area contributed by atoms with E-state index in [0.717, 1.165) is 43.6 Å². The van der Waals surface area contributed by atoms with Crippen LogP contribution in [0.5, 0.6) is 0 Å². The molecule has 0 spiro atoms. The summed E-state index contributed by atoms with van der Waals surface area (Å²) in [4.78, 5) is 0. The third-order valence-corrected chi connectivity index (χ3v) is 6.79. The van der Waals surface area contributed by atoms with E-state index in [2.05, 4.69) is 26.0 Å². The van der Waals surface area contributed by atoms with E-state index in [-0.39, 0.29) is 12.1 Å². The zero-order valence-corrected chi connectivity index (χ0v) is 20.8. The summed E-state index contributed by atoms with van der Waals surface area (Å²) < 4.78 is 26.7. The highest BCUT2D eigenvalue weighted by Crippen LogP contribution is 2.26. The van der Waals surface area contributed by atoms with Crippen LogP contribution in [0.2, 0.25) is 0 Å². The maximum atomic E-state index is 14.8. The van der Waals surface area contributed by atoms with Crippen LogP contribution in [0, 0.1) is 11.7 Å². The largest absolute Gasteiger partial charge is 0.352 e. The van der Waals surface area contributed by atoms with E-state index in [4.69, 9.17) is 9.47 Å². The Morgan fingerprint density at radius 2 is 1.39 bits per heavy atom. The van der Waals surface area contributed by atoms with Gasteiger partial charge >= 0.3 is 0 Å². The van der Waals surface area contributed by atoms with Crippen LogP contribution in [0.3, 0.4) is 0 Å². The zero-order chi connectivity index (χ0) is 23.3. The van der Waals surface area contributed by atoms with E-state index in [1.165, 1.54) is 63.4 Å². The van der Waals surface area contributed by atoms with Gasteiger partial charge in [-0.1, -0.05) is 95.2 Å². The molecule has 2 aromatic carbocycles. The lowest BCUT2D eigenvalue weighted by atomic mass is 9.98. The van der Waals surface area contributed by atoms with Gasteiger partial charge < -0.3 is 9.47 Å². The van der Waals surface area contributed by atoms with Crippen molar-refractivity contribution in [2.75, 3.05) is 13.2 Å². The molecule has 0 atom stereocenters. The van der Waals surface area contributed by atoms with Gasteiger partial charge in [-0.3, -0.25) is 0 Å². The molecule has 0 radical (unpaired) electrons. The Kier molecular flexibility index (Phi) is 11.4. The number of benzene rings is 2. The molecule has 2 nitrogen and oxygen atoms in total. The van der Waals surface area contributed by atoms with Crippen molar-refractivity contribution in [1.82, 2.24) is 0 Å². The predicted molar refractivity (Wildman–Crippen MR) is 136 cm³/mol. The Hall–Kier alpha value is -1.71. The molecular formula is C30H43FO2. The number of hydrogen-bond donors (Lipinski definition) is 0. The van der Waals surface area contributed by atoms with Crippen molar-refractivity contribution in [3.05, 3.63) is 59.4 Å². The second kappa shape index (κ2) is 14.5. The molecule has 0 amide bonds. The van der Waals surface area contributed by atoms with E-state index in [9.17, 15) is 4.39 Å². The van der Waals surface area contributed by atoms with Gasteiger partial charge in [0.1, 0.15) is 5.82 Å². The molecule has 3 heteroatoms. The molecule has 33 heavy (non-hydrogen) atoms. The van der Waals surface area contributed by atoms with Gasteiger partial charge in [-0.2, -0.15) is 0 Å². The fourth-order valence-corrected chi connectivity index (χ4v) is 4.62. The average molecular weight is 455 g/mol. The van der Waals surface area contributed by atoms with Gasteiger partial charge in [0.2, 0.25) is 0 Å². The predicted octanol–water partition coefficient (Wildman–Crippen LogP) is 8.51. The third-order valence-electron chi connectivity index (χ3n) is 6.79. The van der Waals surface area contributed by atoms with E-state index in [1.54, 1.807) is 6.07 Å². The van der Waals surface area contributed by atoms with Crippen molar-refractivity contribution in [1.29, 1.82) is 0 Å². The van der Waals surface area contributed by atoms with E-state index in [0.29, 0.717) is 11.5 Å². The van der Waals surface area contributed by atoms with Crippen LogP contribution in [0.15, 0.2) is 42.5 Å². The Labute approximate surface area is 200 Å². The van der Waals surface area contributed by atoms with Crippen molar-refractivity contribution in [2.45, 2.75) is 97.2 Å². The van der Waals surface area contributed by atoms with Crippen molar-refractivity contribution >= 4 is 0 Å². The molecule has 2 aromatic rings. The SMILES string of the molecule is CCCCCCCC1COC(CCc2ccc(-c3ccc(CCCCC)cc3)c(F)c2)OC1. The van der Waals surface area contributed by atoms with Gasteiger partial charge in [0.25, 0.3) is 0 Å². The first-order valence-electron chi connectivity index (χ1n) is 13.3. The Balaban J connectivity index is 1.41. The van der Waals surface area contributed by atoms with Gasteiger partial charge in [-0.25, -0.2) is 4.39 Å². The van der Waals surface area contributed by atoms with Gasteiger partial charge in [0.15, 0.2) is 6.29 Å². The highest BCUT2D eigenvalue weighted by atomic mass is 19.1. The smallest absolute Gasteiger partial charge is 0.157 e. The van der Waals surface area contributed by atoms with Crippen LogP contribution in [0.1, 0.15) is 89.2 Å². The highest BCUT2D eigenvalue weighted by Gasteiger charge is 2.22. The summed E-state index contributed by atoms with van der Waals surface area (Å²) >= 11 is 0. The standard InChI is InChI=1S/C30H43FO2/c1-3-5-7-8-10-12-26-22-32-30(33-23-26)20-16-25-15-19-28(29(31)21-25)27-17-13-24(14-18-27)11-9-6-4-2/h13-15,17-19,21,26,30H,3-12,16,20,22-23H2,1-2H3. The maximum absolute atomic E-state index is 14.8. The van der Waals surface area contributed by atoms with E-state index in [1.807, 2.05) is 24.3 Å². The Morgan fingerprint density at radius 3 is 2.09 bits per heavy atom. The van der Waals surface area contributed by atoms with Crippen molar-refractivity contribution in [3.63, 3.8) is 0 Å². The van der Waals surface area contributed by atoms with E-state index >= 15 is 0 Å². The molecule has 0 aromatic heterocycles. The zero-order valence-electron chi connectivity index (χ0n) is 20.8. The second-order valence-corrected chi connectivity index (χ2v) is 9.67. The van der Waals surface area contributed by atoms with Gasteiger partial charge in [0.05, 0.1) is 13.2 Å². The summed E-state index contributed by atoms with van der Waals surface area (Å²) in [5.41, 5.74) is 3.94. The molecule has 1 saturated heterocycles. The monoisotopic (exact) mass is 454 g/mol. The Bertz CT molecular complexity index is 793. The lowest BCUT2D eigenvalue weighted by Crippen LogP contribution is -2.32. The summed E-state index contributed by atoms with van der Waals surface area (Å²) in [5, 5.41) is 0. The van der Waals surface area contributed by atoms with Crippen LogP contribution in [0.4, 0.5) is 4.39 Å². The van der Waals surface area contributed by atoms with Crippen molar-refractivity contribution in [2.24, 2.45) is 5.92 Å². The molecule has 1 fully saturated rings. The average Bonchev–Trinajstić information content (AvgIpc) is 2.84. The molecule has 0 bridgehead atoms. The van der Waals surface area contributed by atoms with E-state index < -0.39 is 0 Å². The highest BCUT2D eigenvalue weighted by molar-refractivity contribution is 5.64. The fraction of sp³-hybridized carbons (Fsp3) is 0.600. The van der Waals surface area contributed by atoms with Crippen LogP contribution in [0.25, 0.3) is 11.1 Å². The van der Waals surface area contributed by atoms with Crippen LogP contribution < -0.4 is 0 Å². The number of unbranched alkanes of at least 4 members (excludes halogenated alkanes) is 6. The summed E-state index contributed by atoms with van der Waals surface area (Å²) in [5.74, 6) is 0.373. The quantitative estimate of drug-likeness (QED) is 0.266. The number of aryl methyl sites for hydroxylation is 2. The topological polar surface area (TPSA) is 18.5 Å². The molecule has 3 rings (SSSR count). The molecule has 0 N–H and O–H groups in total. The minimum absolute atomic E-state index is 0.153. The Morgan fingerprint density at radius 1 is 0.727 bits per heavy atom. The van der Waals surface area contributed by atoms with Gasteiger partial charge in [-0.15, -0.1) is 0 Å². The molecular weight excluding hydrogens is 411 g/mol. The first-order valence-corrected chi connectivity index (χ1v) is 13.3. The van der Waals surface area contributed by atoms with Crippen LogP contribution in [-0.2, 0) is 22.3 Å². The number of halogens is 1. The minimum Gasteiger partial charge on any atom is -0.352 e. The first kappa shape index (κ1) is 25.9. The lowest BCUT2D eigenvalue weighted by Gasteiger charge is -2.29. The second-order valence-electron chi connectivity index (χ2n) is 9.67. The van der Waals surface area contributed by atoms with Gasteiger partial charge in [-0.05, 0) is 48.4 Å². The summed E-state index contributed by atoms with van der Waals surface area (Å²) in [7, 11) is 0. The summed E-state index contributed by atoms with van der Waals surface area (Å²) in [6.07, 6.45) is 13.9.